The van der Waals surface area contributed by atoms with Crippen LogP contribution in [0, 0.1) is 5.82 Å². The van der Waals surface area contributed by atoms with Crippen LogP contribution < -0.4 is 10.2 Å². The summed E-state index contributed by atoms with van der Waals surface area (Å²) in [5.41, 5.74) is -0.231. The van der Waals surface area contributed by atoms with Crippen LogP contribution in [-0.4, -0.2) is 36.3 Å². The Kier molecular flexibility index (Phi) is 4.46. The van der Waals surface area contributed by atoms with E-state index in [0.29, 0.717) is 11.3 Å². The summed E-state index contributed by atoms with van der Waals surface area (Å²) in [7, 11) is 1.58. The van der Waals surface area contributed by atoms with Crippen molar-refractivity contribution < 1.29 is 18.8 Å². The van der Waals surface area contributed by atoms with Gasteiger partial charge >= 0.3 is 6.03 Å². The van der Waals surface area contributed by atoms with Gasteiger partial charge in [-0.25, -0.2) is 9.18 Å². The predicted octanol–water partition coefficient (Wildman–Crippen LogP) is 2.26. The second-order valence-electron chi connectivity index (χ2n) is 6.24. The molecule has 6 nitrogen and oxygen atoms in total. The van der Waals surface area contributed by atoms with Gasteiger partial charge in [0.2, 0.25) is 5.91 Å². The molecule has 7 heteroatoms. The summed E-state index contributed by atoms with van der Waals surface area (Å²) in [6.45, 7) is 1.15. The third kappa shape index (κ3) is 3.03. The minimum atomic E-state index is -1.34. The van der Waals surface area contributed by atoms with Crippen LogP contribution in [0.2, 0.25) is 0 Å². The number of nitrogens with zero attached hydrogens (tertiary/aromatic N) is 2. The average molecular weight is 355 g/mol. The van der Waals surface area contributed by atoms with Gasteiger partial charge in [0.1, 0.15) is 17.9 Å². The van der Waals surface area contributed by atoms with E-state index in [1.807, 2.05) is 6.07 Å². The monoisotopic (exact) mass is 355 g/mol. The standard InChI is InChI=1S/C19H18FN3O3/c1-19(13-8-10-14(20)11-9-13)17(25)23(18(26)21-19)12-16(24)22(2)15-6-4-3-5-7-15/h3-11H,12H2,1-2H3,(H,21,26). The quantitative estimate of drug-likeness (QED) is 0.856. The second-order valence-corrected chi connectivity index (χ2v) is 6.24. The van der Waals surface area contributed by atoms with Gasteiger partial charge in [-0.3, -0.25) is 14.5 Å². The number of imide groups is 1. The summed E-state index contributed by atoms with van der Waals surface area (Å²) in [6, 6.07) is 13.6. The Morgan fingerprint density at radius 1 is 1.12 bits per heavy atom. The first-order valence-corrected chi connectivity index (χ1v) is 8.04. The lowest BCUT2D eigenvalue weighted by molar-refractivity contribution is -0.134. The molecule has 134 valence electrons. The Labute approximate surface area is 150 Å². The zero-order chi connectivity index (χ0) is 18.9. The molecule has 1 aliphatic rings. The SMILES string of the molecule is CN(C(=O)CN1C(=O)NC(C)(c2ccc(F)cc2)C1=O)c1ccccc1. The lowest BCUT2D eigenvalue weighted by Crippen LogP contribution is -2.43. The van der Waals surface area contributed by atoms with E-state index in [-0.39, 0.29) is 6.54 Å². The van der Waals surface area contributed by atoms with Crippen LogP contribution in [0.3, 0.4) is 0 Å². The number of likely N-dealkylation sites (N-methyl/N-ethyl adjacent to an activating group) is 1. The number of urea groups is 1. The summed E-state index contributed by atoms with van der Waals surface area (Å²) in [6.07, 6.45) is 0. The number of hydrogen-bond acceptors (Lipinski definition) is 3. The number of halogens is 1. The first-order valence-electron chi connectivity index (χ1n) is 8.04. The molecule has 0 aliphatic carbocycles. The fourth-order valence-electron chi connectivity index (χ4n) is 2.86. The predicted molar refractivity (Wildman–Crippen MR) is 93.8 cm³/mol. The molecule has 1 N–H and O–H groups in total. The lowest BCUT2D eigenvalue weighted by Gasteiger charge is -2.23. The molecule has 1 fully saturated rings. The van der Waals surface area contributed by atoms with Gasteiger partial charge in [-0.05, 0) is 36.8 Å². The average Bonchev–Trinajstić information content (AvgIpc) is 2.86. The molecule has 1 aliphatic heterocycles. The first kappa shape index (κ1) is 17.6. The minimum Gasteiger partial charge on any atom is -0.319 e. The molecular weight excluding hydrogens is 337 g/mol. The zero-order valence-electron chi connectivity index (χ0n) is 14.4. The Hall–Kier alpha value is -3.22. The van der Waals surface area contributed by atoms with E-state index in [0.717, 1.165) is 4.90 Å². The highest BCUT2D eigenvalue weighted by Gasteiger charge is 2.49. The third-order valence-electron chi connectivity index (χ3n) is 4.51. The van der Waals surface area contributed by atoms with Crippen molar-refractivity contribution in [3.8, 4) is 0 Å². The van der Waals surface area contributed by atoms with Gasteiger partial charge in [-0.15, -0.1) is 0 Å². The van der Waals surface area contributed by atoms with Crippen molar-refractivity contribution in [3.05, 3.63) is 66.0 Å². The van der Waals surface area contributed by atoms with Gasteiger partial charge in [-0.2, -0.15) is 0 Å². The van der Waals surface area contributed by atoms with E-state index in [1.54, 1.807) is 31.3 Å². The Balaban J connectivity index is 1.79. The highest BCUT2D eigenvalue weighted by atomic mass is 19.1. The van der Waals surface area contributed by atoms with E-state index in [1.165, 1.54) is 36.1 Å². The number of para-hydroxylation sites is 1. The molecule has 1 heterocycles. The van der Waals surface area contributed by atoms with Crippen molar-refractivity contribution in [1.29, 1.82) is 0 Å². The lowest BCUT2D eigenvalue weighted by atomic mass is 9.92. The highest BCUT2D eigenvalue weighted by molar-refractivity contribution is 6.10. The maximum absolute atomic E-state index is 13.1. The molecule has 1 unspecified atom stereocenters. The first-order chi connectivity index (χ1) is 12.3. The van der Waals surface area contributed by atoms with Gasteiger partial charge in [0, 0.05) is 12.7 Å². The number of carbonyl (C=O) groups excluding carboxylic acids is 3. The molecule has 26 heavy (non-hydrogen) atoms. The molecule has 0 spiro atoms. The maximum Gasteiger partial charge on any atom is 0.325 e. The van der Waals surface area contributed by atoms with Crippen molar-refractivity contribution in [2.75, 3.05) is 18.5 Å². The number of carbonyl (C=O) groups is 3. The minimum absolute atomic E-state index is 0.382. The highest BCUT2D eigenvalue weighted by Crippen LogP contribution is 2.29. The molecule has 0 bridgehead atoms. The number of hydrogen-bond donors (Lipinski definition) is 1. The number of anilines is 1. The van der Waals surface area contributed by atoms with E-state index < -0.39 is 29.2 Å². The fraction of sp³-hybridized carbons (Fsp3) is 0.211. The van der Waals surface area contributed by atoms with E-state index in [9.17, 15) is 18.8 Å². The smallest absolute Gasteiger partial charge is 0.319 e. The van der Waals surface area contributed by atoms with Crippen molar-refractivity contribution in [3.63, 3.8) is 0 Å². The molecule has 0 saturated carbocycles. The van der Waals surface area contributed by atoms with Crippen molar-refractivity contribution in [1.82, 2.24) is 10.2 Å². The van der Waals surface area contributed by atoms with Gasteiger partial charge in [0.15, 0.2) is 0 Å². The van der Waals surface area contributed by atoms with Crippen LogP contribution >= 0.6 is 0 Å². The number of nitrogens with one attached hydrogen (secondary N) is 1. The number of rotatable bonds is 4. The van der Waals surface area contributed by atoms with Gasteiger partial charge in [0.05, 0.1) is 0 Å². The topological polar surface area (TPSA) is 69.7 Å². The molecule has 3 rings (SSSR count). The van der Waals surface area contributed by atoms with Crippen LogP contribution in [0.15, 0.2) is 54.6 Å². The molecule has 1 atom stereocenters. The van der Waals surface area contributed by atoms with Crippen molar-refractivity contribution in [2.24, 2.45) is 0 Å². The van der Waals surface area contributed by atoms with Crippen LogP contribution in [0.4, 0.5) is 14.9 Å². The molecule has 1 saturated heterocycles. The summed E-state index contributed by atoms with van der Waals surface area (Å²) >= 11 is 0. The van der Waals surface area contributed by atoms with Gasteiger partial charge < -0.3 is 10.2 Å². The number of amides is 4. The summed E-state index contributed by atoms with van der Waals surface area (Å²) in [5, 5.41) is 2.59. The Morgan fingerprint density at radius 3 is 2.35 bits per heavy atom. The summed E-state index contributed by atoms with van der Waals surface area (Å²) in [4.78, 5) is 39.8. The van der Waals surface area contributed by atoms with Crippen LogP contribution in [-0.2, 0) is 15.1 Å². The van der Waals surface area contributed by atoms with Gasteiger partial charge in [0.25, 0.3) is 5.91 Å². The molecule has 0 aromatic heterocycles. The third-order valence-corrected chi connectivity index (χ3v) is 4.51. The summed E-state index contributed by atoms with van der Waals surface area (Å²) in [5.74, 6) is -1.39. The maximum atomic E-state index is 13.1. The normalized spacial score (nSPS) is 19.4. The molecule has 4 amide bonds. The molecular formula is C19H18FN3O3. The van der Waals surface area contributed by atoms with Crippen LogP contribution in [0.25, 0.3) is 0 Å². The molecule has 2 aromatic rings. The van der Waals surface area contributed by atoms with E-state index in [2.05, 4.69) is 5.32 Å². The van der Waals surface area contributed by atoms with Crippen LogP contribution in [0.1, 0.15) is 12.5 Å². The second kappa shape index (κ2) is 6.59. The van der Waals surface area contributed by atoms with E-state index >= 15 is 0 Å². The largest absolute Gasteiger partial charge is 0.325 e. The van der Waals surface area contributed by atoms with E-state index in [4.69, 9.17) is 0 Å². The van der Waals surface area contributed by atoms with Crippen molar-refractivity contribution >= 4 is 23.5 Å². The van der Waals surface area contributed by atoms with Crippen LogP contribution in [0.5, 0.6) is 0 Å². The Morgan fingerprint density at radius 2 is 1.73 bits per heavy atom. The summed E-state index contributed by atoms with van der Waals surface area (Å²) < 4.78 is 13.1. The molecule has 2 aromatic carbocycles. The van der Waals surface area contributed by atoms with Crippen molar-refractivity contribution in [2.45, 2.75) is 12.5 Å². The van der Waals surface area contributed by atoms with Gasteiger partial charge in [-0.1, -0.05) is 30.3 Å². The molecule has 0 radical (unpaired) electrons. The zero-order valence-corrected chi connectivity index (χ0v) is 14.4. The fourth-order valence-corrected chi connectivity index (χ4v) is 2.86. The Bertz CT molecular complexity index is 854. The number of benzene rings is 2.